The van der Waals surface area contributed by atoms with E-state index in [4.69, 9.17) is 4.74 Å². The molecule has 1 aliphatic heterocycles. The Kier molecular flexibility index (Phi) is 8.57. The van der Waals surface area contributed by atoms with Gasteiger partial charge in [-0.3, -0.25) is 0 Å². The van der Waals surface area contributed by atoms with Gasteiger partial charge < -0.3 is 14.7 Å². The fraction of sp³-hybridized carbons (Fsp3) is 0.552. The highest BCUT2D eigenvalue weighted by Crippen LogP contribution is 2.40. The highest BCUT2D eigenvalue weighted by molar-refractivity contribution is 5.81. The van der Waals surface area contributed by atoms with Crippen molar-refractivity contribution in [2.24, 2.45) is 5.92 Å². The first kappa shape index (κ1) is 24.0. The van der Waals surface area contributed by atoms with E-state index in [-0.39, 0.29) is 11.8 Å². The summed E-state index contributed by atoms with van der Waals surface area (Å²) in [7, 11) is 0. The number of carbonyl (C=O) groups excluding carboxylic acids is 1. The highest BCUT2D eigenvalue weighted by Gasteiger charge is 2.47. The fourth-order valence-corrected chi connectivity index (χ4v) is 5.61. The molecule has 0 radical (unpaired) electrons. The van der Waals surface area contributed by atoms with E-state index in [2.05, 4.69) is 17.0 Å². The third kappa shape index (κ3) is 6.04. The molecule has 0 aromatic heterocycles. The minimum Gasteiger partial charge on any atom is -0.463 e. The molecule has 1 unspecified atom stereocenters. The summed E-state index contributed by atoms with van der Waals surface area (Å²) in [6.45, 7) is 3.65. The maximum Gasteiger partial charge on any atom is 0.343 e. The Morgan fingerprint density at radius 1 is 0.909 bits per heavy atom. The van der Waals surface area contributed by atoms with Crippen LogP contribution in [-0.2, 0) is 15.1 Å². The number of benzene rings is 2. The third-order valence-electron chi connectivity index (χ3n) is 7.65. The SMILES string of the molecule is O=C(OC[C@H](CCN1CCCCC1)c1ccccc1)C(O)(c1ccccc1)C1CCCCC1. The van der Waals surface area contributed by atoms with Gasteiger partial charge in [-0.15, -0.1) is 0 Å². The van der Waals surface area contributed by atoms with Gasteiger partial charge in [0.15, 0.2) is 5.60 Å². The number of hydrogen-bond acceptors (Lipinski definition) is 4. The highest BCUT2D eigenvalue weighted by atomic mass is 16.5. The second-order valence-corrected chi connectivity index (χ2v) is 9.86. The van der Waals surface area contributed by atoms with Crippen LogP contribution in [0.25, 0.3) is 0 Å². The van der Waals surface area contributed by atoms with Crippen molar-refractivity contribution in [3.05, 3.63) is 71.8 Å². The quantitative estimate of drug-likeness (QED) is 0.502. The first-order valence-corrected chi connectivity index (χ1v) is 12.9. The van der Waals surface area contributed by atoms with Crippen LogP contribution in [0.4, 0.5) is 0 Å². The molecule has 1 aliphatic carbocycles. The average Bonchev–Trinajstić information content (AvgIpc) is 2.90. The van der Waals surface area contributed by atoms with Crippen molar-refractivity contribution in [3.63, 3.8) is 0 Å². The van der Waals surface area contributed by atoms with Crippen LogP contribution in [0.2, 0.25) is 0 Å². The van der Waals surface area contributed by atoms with E-state index in [9.17, 15) is 9.90 Å². The van der Waals surface area contributed by atoms with Gasteiger partial charge in [0.2, 0.25) is 0 Å². The molecular weight excluding hydrogens is 410 g/mol. The van der Waals surface area contributed by atoms with Gasteiger partial charge in [0.05, 0.1) is 6.61 Å². The number of piperidine rings is 1. The van der Waals surface area contributed by atoms with Crippen LogP contribution in [0.15, 0.2) is 60.7 Å². The van der Waals surface area contributed by atoms with Crippen LogP contribution in [0.5, 0.6) is 0 Å². The predicted molar refractivity (Wildman–Crippen MR) is 132 cm³/mol. The summed E-state index contributed by atoms with van der Waals surface area (Å²) in [5, 5.41) is 11.8. The Bertz CT molecular complexity index is 844. The van der Waals surface area contributed by atoms with Crippen molar-refractivity contribution in [3.8, 4) is 0 Å². The van der Waals surface area contributed by atoms with Gasteiger partial charge in [0.25, 0.3) is 0 Å². The van der Waals surface area contributed by atoms with Crippen molar-refractivity contribution in [1.82, 2.24) is 4.90 Å². The zero-order valence-corrected chi connectivity index (χ0v) is 19.8. The molecule has 4 nitrogen and oxygen atoms in total. The minimum absolute atomic E-state index is 0.0929. The molecule has 2 aromatic rings. The van der Waals surface area contributed by atoms with Crippen LogP contribution >= 0.6 is 0 Å². The molecule has 1 heterocycles. The van der Waals surface area contributed by atoms with Crippen LogP contribution in [0, 0.1) is 5.92 Å². The molecule has 0 spiro atoms. The van der Waals surface area contributed by atoms with Gasteiger partial charge >= 0.3 is 5.97 Å². The molecule has 0 amide bonds. The topological polar surface area (TPSA) is 49.8 Å². The molecule has 4 heteroatoms. The number of nitrogens with zero attached hydrogens (tertiary/aromatic N) is 1. The smallest absolute Gasteiger partial charge is 0.343 e. The van der Waals surface area contributed by atoms with Crippen LogP contribution < -0.4 is 0 Å². The summed E-state index contributed by atoms with van der Waals surface area (Å²) >= 11 is 0. The molecule has 2 aliphatic rings. The molecule has 4 rings (SSSR count). The van der Waals surface area contributed by atoms with Crippen molar-refractivity contribution in [2.75, 3.05) is 26.2 Å². The third-order valence-corrected chi connectivity index (χ3v) is 7.65. The normalized spacial score (nSPS) is 20.6. The Hall–Kier alpha value is -2.17. The summed E-state index contributed by atoms with van der Waals surface area (Å²) in [5.74, 6) is -0.451. The maximum atomic E-state index is 13.5. The van der Waals surface area contributed by atoms with E-state index >= 15 is 0 Å². The second-order valence-electron chi connectivity index (χ2n) is 9.86. The van der Waals surface area contributed by atoms with Crippen LogP contribution in [-0.4, -0.2) is 42.2 Å². The van der Waals surface area contributed by atoms with E-state index in [1.165, 1.54) is 31.2 Å². The fourth-order valence-electron chi connectivity index (χ4n) is 5.61. The molecule has 1 saturated heterocycles. The van der Waals surface area contributed by atoms with E-state index in [0.29, 0.717) is 12.2 Å². The Morgan fingerprint density at radius 3 is 2.18 bits per heavy atom. The second kappa shape index (κ2) is 11.8. The molecule has 1 N–H and O–H groups in total. The number of ether oxygens (including phenoxy) is 1. The standard InChI is InChI=1S/C29H39NO3/c31-28(29(32,26-15-7-2-8-16-26)27-17-9-3-10-18-27)33-23-25(24-13-5-1-6-14-24)19-22-30-20-11-4-12-21-30/h1-2,5-8,13-16,25,27,32H,3-4,9-12,17-23H2/t25-,29?/m0/s1. The molecule has 178 valence electrons. The number of likely N-dealkylation sites (tertiary alicyclic amines) is 1. The summed E-state index contributed by atoms with van der Waals surface area (Å²) < 4.78 is 5.96. The summed E-state index contributed by atoms with van der Waals surface area (Å²) in [6, 6.07) is 19.8. The molecule has 0 bridgehead atoms. The van der Waals surface area contributed by atoms with E-state index in [1.807, 2.05) is 48.5 Å². The van der Waals surface area contributed by atoms with Crippen molar-refractivity contribution in [2.45, 2.75) is 69.3 Å². The number of aliphatic hydroxyl groups is 1. The lowest BCUT2D eigenvalue weighted by Gasteiger charge is -2.37. The van der Waals surface area contributed by atoms with Gasteiger partial charge in [0, 0.05) is 11.8 Å². The first-order chi connectivity index (χ1) is 16.2. The number of esters is 1. The molecule has 2 aromatic carbocycles. The van der Waals surface area contributed by atoms with Crippen LogP contribution in [0.3, 0.4) is 0 Å². The van der Waals surface area contributed by atoms with Gasteiger partial charge in [-0.2, -0.15) is 0 Å². The Balaban J connectivity index is 1.48. The summed E-state index contributed by atoms with van der Waals surface area (Å²) in [5.41, 5.74) is 0.283. The van der Waals surface area contributed by atoms with E-state index in [0.717, 1.165) is 51.7 Å². The zero-order chi connectivity index (χ0) is 22.9. The molecule has 33 heavy (non-hydrogen) atoms. The van der Waals surface area contributed by atoms with Gasteiger partial charge in [-0.05, 0) is 62.9 Å². The minimum atomic E-state index is -1.57. The van der Waals surface area contributed by atoms with Gasteiger partial charge in [-0.1, -0.05) is 86.3 Å². The van der Waals surface area contributed by atoms with Crippen molar-refractivity contribution < 1.29 is 14.6 Å². The predicted octanol–water partition coefficient (Wildman–Crippen LogP) is 5.66. The van der Waals surface area contributed by atoms with Crippen molar-refractivity contribution >= 4 is 5.97 Å². The number of hydrogen-bond donors (Lipinski definition) is 1. The van der Waals surface area contributed by atoms with Gasteiger partial charge in [-0.25, -0.2) is 4.79 Å². The first-order valence-electron chi connectivity index (χ1n) is 12.9. The lowest BCUT2D eigenvalue weighted by molar-refractivity contribution is -0.176. The number of carbonyl (C=O) groups is 1. The lowest BCUT2D eigenvalue weighted by atomic mass is 9.73. The Labute approximate surface area is 199 Å². The van der Waals surface area contributed by atoms with E-state index in [1.54, 1.807) is 0 Å². The van der Waals surface area contributed by atoms with Crippen molar-refractivity contribution in [1.29, 1.82) is 0 Å². The Morgan fingerprint density at radius 2 is 1.52 bits per heavy atom. The molecule has 2 atom stereocenters. The zero-order valence-electron chi connectivity index (χ0n) is 19.8. The monoisotopic (exact) mass is 449 g/mol. The summed E-state index contributed by atoms with van der Waals surface area (Å²) in [6.07, 6.45) is 9.82. The maximum absolute atomic E-state index is 13.5. The van der Waals surface area contributed by atoms with Gasteiger partial charge in [0.1, 0.15) is 0 Å². The van der Waals surface area contributed by atoms with Crippen LogP contribution in [0.1, 0.15) is 74.8 Å². The summed E-state index contributed by atoms with van der Waals surface area (Å²) in [4.78, 5) is 16.1. The van der Waals surface area contributed by atoms with E-state index < -0.39 is 11.6 Å². The molecule has 1 saturated carbocycles. The average molecular weight is 450 g/mol. The molecular formula is C29H39NO3. The number of rotatable bonds is 9. The lowest BCUT2D eigenvalue weighted by Crippen LogP contribution is -2.45. The largest absolute Gasteiger partial charge is 0.463 e. The molecule has 2 fully saturated rings.